The third-order valence-corrected chi connectivity index (χ3v) is 3.20. The van der Waals surface area contributed by atoms with Crippen LogP contribution in [0.25, 0.3) is 10.9 Å². The summed E-state index contributed by atoms with van der Waals surface area (Å²) < 4.78 is 13.2. The fourth-order valence-electron chi connectivity index (χ4n) is 1.99. The Bertz CT molecular complexity index is 643. The molecule has 0 unspecified atom stereocenters. The highest BCUT2D eigenvalue weighted by Crippen LogP contribution is 2.22. The molecule has 0 bridgehead atoms. The molecule has 0 fully saturated rings. The van der Waals surface area contributed by atoms with E-state index in [1.54, 1.807) is 12.1 Å². The standard InChI is InChI=1S/C15H16ClFN2O/c1-9(2)18-14(20)6-3-10-7-11-8-12(17)4-5-13(11)19-15(10)16/h4-5,7-9H,3,6H2,1-2H3,(H,18,20). The fraction of sp³-hybridized carbons (Fsp3) is 0.333. The second-order valence-electron chi connectivity index (χ2n) is 5.00. The van der Waals surface area contributed by atoms with E-state index >= 15 is 0 Å². The van der Waals surface area contributed by atoms with Gasteiger partial charge in [0.25, 0.3) is 0 Å². The summed E-state index contributed by atoms with van der Waals surface area (Å²) in [6, 6.07) is 6.25. The van der Waals surface area contributed by atoms with Gasteiger partial charge >= 0.3 is 0 Å². The third kappa shape index (κ3) is 3.67. The molecule has 1 amide bonds. The molecule has 2 rings (SSSR count). The molecule has 3 nitrogen and oxygen atoms in total. The molecule has 0 radical (unpaired) electrons. The van der Waals surface area contributed by atoms with Crippen LogP contribution in [0.15, 0.2) is 24.3 Å². The number of hydrogen-bond donors (Lipinski definition) is 1. The third-order valence-electron chi connectivity index (χ3n) is 2.87. The van der Waals surface area contributed by atoms with E-state index in [9.17, 15) is 9.18 Å². The molecule has 0 aliphatic rings. The van der Waals surface area contributed by atoms with Gasteiger partial charge in [-0.15, -0.1) is 0 Å². The average molecular weight is 295 g/mol. The summed E-state index contributed by atoms with van der Waals surface area (Å²) in [6.07, 6.45) is 0.817. The van der Waals surface area contributed by atoms with Crippen LogP contribution in [-0.2, 0) is 11.2 Å². The van der Waals surface area contributed by atoms with Crippen molar-refractivity contribution in [1.29, 1.82) is 0 Å². The smallest absolute Gasteiger partial charge is 0.220 e. The molecule has 0 aliphatic heterocycles. The lowest BCUT2D eigenvalue weighted by Crippen LogP contribution is -2.30. The monoisotopic (exact) mass is 294 g/mol. The van der Waals surface area contributed by atoms with E-state index in [2.05, 4.69) is 10.3 Å². The maximum atomic E-state index is 13.2. The van der Waals surface area contributed by atoms with Gasteiger partial charge in [0.2, 0.25) is 5.91 Å². The number of pyridine rings is 1. The molecule has 2 aromatic rings. The number of benzene rings is 1. The van der Waals surface area contributed by atoms with Crippen LogP contribution < -0.4 is 5.32 Å². The minimum atomic E-state index is -0.315. The predicted molar refractivity (Wildman–Crippen MR) is 78.3 cm³/mol. The summed E-state index contributed by atoms with van der Waals surface area (Å²) in [6.45, 7) is 3.82. The van der Waals surface area contributed by atoms with Gasteiger partial charge in [-0.1, -0.05) is 11.6 Å². The SMILES string of the molecule is CC(C)NC(=O)CCc1cc2cc(F)ccc2nc1Cl. The maximum Gasteiger partial charge on any atom is 0.220 e. The lowest BCUT2D eigenvalue weighted by Gasteiger charge is -2.09. The van der Waals surface area contributed by atoms with Crippen molar-refractivity contribution in [3.05, 3.63) is 40.8 Å². The zero-order valence-corrected chi connectivity index (χ0v) is 12.2. The number of amides is 1. The van der Waals surface area contributed by atoms with E-state index in [-0.39, 0.29) is 17.8 Å². The molecule has 1 aromatic carbocycles. The van der Waals surface area contributed by atoms with Gasteiger partial charge in [-0.3, -0.25) is 4.79 Å². The van der Waals surface area contributed by atoms with Crippen LogP contribution in [0.3, 0.4) is 0 Å². The summed E-state index contributed by atoms with van der Waals surface area (Å²) in [5.41, 5.74) is 1.40. The molecule has 106 valence electrons. The molecule has 0 aliphatic carbocycles. The number of aromatic nitrogens is 1. The first kappa shape index (κ1) is 14.7. The van der Waals surface area contributed by atoms with Gasteiger partial charge in [-0.05, 0) is 50.1 Å². The van der Waals surface area contributed by atoms with Crippen molar-refractivity contribution in [3.8, 4) is 0 Å². The summed E-state index contributed by atoms with van der Waals surface area (Å²) >= 11 is 6.10. The van der Waals surface area contributed by atoms with Crippen molar-refractivity contribution in [1.82, 2.24) is 10.3 Å². The number of carbonyl (C=O) groups excluding carboxylic acids is 1. The molecular formula is C15H16ClFN2O. The van der Waals surface area contributed by atoms with E-state index in [0.29, 0.717) is 28.9 Å². The van der Waals surface area contributed by atoms with Crippen molar-refractivity contribution in [2.24, 2.45) is 0 Å². The van der Waals surface area contributed by atoms with Gasteiger partial charge in [-0.25, -0.2) is 9.37 Å². The Morgan fingerprint density at radius 1 is 1.40 bits per heavy atom. The normalized spacial score (nSPS) is 11.1. The van der Waals surface area contributed by atoms with Crippen LogP contribution in [0.5, 0.6) is 0 Å². The van der Waals surface area contributed by atoms with E-state index < -0.39 is 0 Å². The number of nitrogens with one attached hydrogen (secondary N) is 1. The molecule has 0 saturated carbocycles. The Hall–Kier alpha value is -1.68. The summed E-state index contributed by atoms with van der Waals surface area (Å²) in [5.74, 6) is -0.347. The first-order valence-corrected chi connectivity index (χ1v) is 6.87. The van der Waals surface area contributed by atoms with Crippen LogP contribution in [-0.4, -0.2) is 16.9 Å². The molecule has 0 atom stereocenters. The summed E-state index contributed by atoms with van der Waals surface area (Å²) in [5, 5.41) is 3.87. The minimum absolute atomic E-state index is 0.0320. The van der Waals surface area contributed by atoms with E-state index in [4.69, 9.17) is 11.6 Å². The Morgan fingerprint density at radius 2 is 2.15 bits per heavy atom. The molecule has 5 heteroatoms. The van der Waals surface area contributed by atoms with E-state index in [1.807, 2.05) is 13.8 Å². The van der Waals surface area contributed by atoms with Crippen molar-refractivity contribution in [2.75, 3.05) is 0 Å². The molecule has 1 heterocycles. The molecular weight excluding hydrogens is 279 g/mol. The van der Waals surface area contributed by atoms with Gasteiger partial charge in [0, 0.05) is 17.8 Å². The second kappa shape index (κ2) is 6.18. The predicted octanol–water partition coefficient (Wildman–Crippen LogP) is 3.48. The molecule has 1 N–H and O–H groups in total. The number of fused-ring (bicyclic) bond motifs is 1. The van der Waals surface area contributed by atoms with Gasteiger partial charge in [-0.2, -0.15) is 0 Å². The Kier molecular flexibility index (Phi) is 4.55. The number of rotatable bonds is 4. The highest BCUT2D eigenvalue weighted by Gasteiger charge is 2.09. The van der Waals surface area contributed by atoms with Gasteiger partial charge < -0.3 is 5.32 Å². The van der Waals surface area contributed by atoms with Crippen LogP contribution in [0.1, 0.15) is 25.8 Å². The van der Waals surface area contributed by atoms with Crippen molar-refractivity contribution in [2.45, 2.75) is 32.7 Å². The van der Waals surface area contributed by atoms with Crippen molar-refractivity contribution >= 4 is 28.4 Å². The molecule has 0 spiro atoms. The Balaban J connectivity index is 2.17. The fourth-order valence-corrected chi connectivity index (χ4v) is 2.23. The van der Waals surface area contributed by atoms with E-state index in [1.165, 1.54) is 12.1 Å². The lowest BCUT2D eigenvalue weighted by molar-refractivity contribution is -0.121. The van der Waals surface area contributed by atoms with Crippen molar-refractivity contribution in [3.63, 3.8) is 0 Å². The number of halogens is 2. The van der Waals surface area contributed by atoms with Gasteiger partial charge in [0.05, 0.1) is 5.52 Å². The summed E-state index contributed by atoms with van der Waals surface area (Å²) in [7, 11) is 0. The van der Waals surface area contributed by atoms with Crippen LogP contribution in [0, 0.1) is 5.82 Å². The van der Waals surface area contributed by atoms with Crippen molar-refractivity contribution < 1.29 is 9.18 Å². The van der Waals surface area contributed by atoms with E-state index in [0.717, 1.165) is 5.56 Å². The molecule has 20 heavy (non-hydrogen) atoms. The molecule has 1 aromatic heterocycles. The maximum absolute atomic E-state index is 13.2. The average Bonchev–Trinajstić information content (AvgIpc) is 2.36. The number of carbonyl (C=O) groups is 1. The van der Waals surface area contributed by atoms with Crippen LogP contribution >= 0.6 is 11.6 Å². The van der Waals surface area contributed by atoms with Gasteiger partial charge in [0.15, 0.2) is 0 Å². The quantitative estimate of drug-likeness (QED) is 0.877. The zero-order valence-electron chi connectivity index (χ0n) is 11.4. The number of hydrogen-bond acceptors (Lipinski definition) is 2. The van der Waals surface area contributed by atoms with Crippen LogP contribution in [0.4, 0.5) is 4.39 Å². The highest BCUT2D eigenvalue weighted by molar-refractivity contribution is 6.30. The highest BCUT2D eigenvalue weighted by atomic mass is 35.5. The second-order valence-corrected chi connectivity index (χ2v) is 5.36. The van der Waals surface area contributed by atoms with Crippen LogP contribution in [0.2, 0.25) is 5.15 Å². The Labute approximate surface area is 122 Å². The largest absolute Gasteiger partial charge is 0.354 e. The number of nitrogens with zero attached hydrogens (tertiary/aromatic N) is 1. The first-order chi connectivity index (χ1) is 9.45. The minimum Gasteiger partial charge on any atom is -0.354 e. The number of aryl methyl sites for hydroxylation is 1. The summed E-state index contributed by atoms with van der Waals surface area (Å²) in [4.78, 5) is 15.8. The zero-order chi connectivity index (χ0) is 14.7. The Morgan fingerprint density at radius 3 is 2.85 bits per heavy atom. The first-order valence-electron chi connectivity index (χ1n) is 6.50. The van der Waals surface area contributed by atoms with Gasteiger partial charge in [0.1, 0.15) is 11.0 Å². The topological polar surface area (TPSA) is 42.0 Å². The lowest BCUT2D eigenvalue weighted by atomic mass is 10.1. The molecule has 0 saturated heterocycles.